The summed E-state index contributed by atoms with van der Waals surface area (Å²) in [4.78, 5) is 24.4. The fourth-order valence-corrected chi connectivity index (χ4v) is 3.22. The minimum atomic E-state index is -0.438. The number of hydrogen-bond acceptors (Lipinski definition) is 3. The smallest absolute Gasteiger partial charge is 0.229 e. The first-order chi connectivity index (χ1) is 11.6. The van der Waals surface area contributed by atoms with Crippen molar-refractivity contribution in [2.24, 2.45) is 0 Å². The molecule has 3 aromatic rings. The van der Waals surface area contributed by atoms with Crippen molar-refractivity contribution in [3.8, 4) is 11.3 Å². The summed E-state index contributed by atoms with van der Waals surface area (Å²) in [5, 5.41) is 7.93. The lowest BCUT2D eigenvalue weighted by Gasteiger charge is -2.07. The zero-order chi connectivity index (χ0) is 16.7. The van der Waals surface area contributed by atoms with Gasteiger partial charge < -0.3 is 0 Å². The second kappa shape index (κ2) is 5.73. The van der Waals surface area contributed by atoms with Gasteiger partial charge >= 0.3 is 0 Å². The maximum atomic E-state index is 12.3. The number of benzene rings is 2. The van der Waals surface area contributed by atoms with Gasteiger partial charge in [-0.25, -0.2) is 0 Å². The summed E-state index contributed by atoms with van der Waals surface area (Å²) in [5.74, 6) is -1.18. The second-order valence-electron chi connectivity index (χ2n) is 5.82. The summed E-state index contributed by atoms with van der Waals surface area (Å²) < 4.78 is 0. The van der Waals surface area contributed by atoms with E-state index < -0.39 is 11.7 Å². The van der Waals surface area contributed by atoms with Crippen molar-refractivity contribution >= 4 is 23.2 Å². The van der Waals surface area contributed by atoms with Gasteiger partial charge in [-0.05, 0) is 23.8 Å². The van der Waals surface area contributed by atoms with Gasteiger partial charge in [0, 0.05) is 28.3 Å². The largest absolute Gasteiger partial charge is 0.290 e. The number of ketones is 2. The molecule has 4 rings (SSSR count). The lowest BCUT2D eigenvalue weighted by atomic mass is 9.95. The van der Waals surface area contributed by atoms with E-state index in [1.54, 1.807) is 24.3 Å². The molecule has 1 N–H and O–H groups in total. The Morgan fingerprint density at radius 2 is 1.79 bits per heavy atom. The van der Waals surface area contributed by atoms with E-state index in [0.29, 0.717) is 17.0 Å². The van der Waals surface area contributed by atoms with Crippen molar-refractivity contribution in [3.63, 3.8) is 0 Å². The standard InChI is InChI=1S/C19H13ClN2O2/c20-12-7-5-11(6-8-12)17-10-13(21-22-17)9-16-14-3-1-2-4-15(14)18(23)19(16)24/h1-8,10,16H,9H2,(H,21,22). The van der Waals surface area contributed by atoms with Crippen molar-refractivity contribution in [2.75, 3.05) is 0 Å². The normalized spacial score (nSPS) is 16.5. The Balaban J connectivity index is 1.62. The molecule has 1 unspecified atom stereocenters. The number of carbonyl (C=O) groups is 2. The van der Waals surface area contributed by atoms with Crippen LogP contribution in [0.25, 0.3) is 11.3 Å². The van der Waals surface area contributed by atoms with Gasteiger partial charge in [-0.1, -0.05) is 48.0 Å². The molecule has 118 valence electrons. The van der Waals surface area contributed by atoms with Gasteiger partial charge in [0.2, 0.25) is 11.6 Å². The predicted molar refractivity (Wildman–Crippen MR) is 91.3 cm³/mol. The van der Waals surface area contributed by atoms with Crippen LogP contribution in [0.4, 0.5) is 0 Å². The molecule has 0 aliphatic heterocycles. The number of aromatic amines is 1. The highest BCUT2D eigenvalue weighted by Gasteiger charge is 2.38. The lowest BCUT2D eigenvalue weighted by molar-refractivity contribution is -0.115. The first-order valence-electron chi connectivity index (χ1n) is 7.61. The van der Waals surface area contributed by atoms with Crippen LogP contribution in [-0.2, 0) is 11.2 Å². The SMILES string of the molecule is O=C1C(=O)C(Cc2cc(-c3ccc(Cl)cc3)n[nH]2)c2ccccc21. The number of nitrogens with zero attached hydrogens (tertiary/aromatic N) is 1. The van der Waals surface area contributed by atoms with Crippen molar-refractivity contribution in [1.82, 2.24) is 10.2 Å². The van der Waals surface area contributed by atoms with Gasteiger partial charge in [0.1, 0.15) is 0 Å². The third kappa shape index (κ3) is 2.45. The molecule has 0 bridgehead atoms. The Labute approximate surface area is 143 Å². The molecule has 1 atom stereocenters. The van der Waals surface area contributed by atoms with Crippen LogP contribution < -0.4 is 0 Å². The van der Waals surface area contributed by atoms with Gasteiger partial charge in [0.25, 0.3) is 0 Å². The molecule has 5 heteroatoms. The van der Waals surface area contributed by atoms with Crippen LogP contribution in [0.3, 0.4) is 0 Å². The molecule has 0 saturated heterocycles. The van der Waals surface area contributed by atoms with E-state index in [2.05, 4.69) is 10.2 Å². The summed E-state index contributed by atoms with van der Waals surface area (Å²) in [6.45, 7) is 0. The zero-order valence-electron chi connectivity index (χ0n) is 12.6. The molecular weight excluding hydrogens is 324 g/mol. The molecule has 0 radical (unpaired) electrons. The van der Waals surface area contributed by atoms with E-state index >= 15 is 0 Å². The highest BCUT2D eigenvalue weighted by Crippen LogP contribution is 2.33. The zero-order valence-corrected chi connectivity index (χ0v) is 13.4. The van der Waals surface area contributed by atoms with Crippen molar-refractivity contribution in [1.29, 1.82) is 0 Å². The summed E-state index contributed by atoms with van der Waals surface area (Å²) in [5.41, 5.74) is 3.87. The van der Waals surface area contributed by atoms with Crippen LogP contribution >= 0.6 is 11.6 Å². The Kier molecular flexibility index (Phi) is 3.54. The molecule has 1 aromatic heterocycles. The van der Waals surface area contributed by atoms with E-state index in [1.165, 1.54) is 0 Å². The van der Waals surface area contributed by atoms with Crippen LogP contribution in [0.15, 0.2) is 54.6 Å². The summed E-state index contributed by atoms with van der Waals surface area (Å²) >= 11 is 5.90. The average molecular weight is 337 g/mol. The van der Waals surface area contributed by atoms with Gasteiger partial charge in [-0.3, -0.25) is 14.7 Å². The number of halogens is 1. The third-order valence-electron chi connectivity index (χ3n) is 4.32. The monoisotopic (exact) mass is 336 g/mol. The average Bonchev–Trinajstić information content (AvgIpc) is 3.16. The highest BCUT2D eigenvalue weighted by molar-refractivity contribution is 6.48. The minimum Gasteiger partial charge on any atom is -0.290 e. The van der Waals surface area contributed by atoms with E-state index in [-0.39, 0.29) is 5.78 Å². The number of H-pyrrole nitrogens is 1. The Hall–Kier alpha value is -2.72. The van der Waals surface area contributed by atoms with Gasteiger partial charge in [0.05, 0.1) is 11.6 Å². The molecule has 2 aromatic carbocycles. The molecule has 0 amide bonds. The Morgan fingerprint density at radius 3 is 2.58 bits per heavy atom. The van der Waals surface area contributed by atoms with Crippen LogP contribution in [0, 0.1) is 0 Å². The fraction of sp³-hybridized carbons (Fsp3) is 0.105. The van der Waals surface area contributed by atoms with Gasteiger partial charge in [-0.2, -0.15) is 5.10 Å². The predicted octanol–water partition coefficient (Wildman–Crippen LogP) is 3.82. The van der Waals surface area contributed by atoms with Crippen LogP contribution in [0.1, 0.15) is 27.5 Å². The quantitative estimate of drug-likeness (QED) is 0.739. The van der Waals surface area contributed by atoms with Crippen LogP contribution in [-0.4, -0.2) is 21.8 Å². The molecule has 1 aliphatic carbocycles. The first-order valence-corrected chi connectivity index (χ1v) is 7.99. The molecule has 4 nitrogen and oxygen atoms in total. The minimum absolute atomic E-state index is 0.348. The number of fused-ring (bicyclic) bond motifs is 1. The molecule has 1 heterocycles. The molecule has 0 spiro atoms. The number of carbonyl (C=O) groups excluding carboxylic acids is 2. The number of rotatable bonds is 3. The van der Waals surface area contributed by atoms with E-state index in [4.69, 9.17) is 11.6 Å². The third-order valence-corrected chi connectivity index (χ3v) is 4.57. The number of aromatic nitrogens is 2. The van der Waals surface area contributed by atoms with Crippen LogP contribution in [0.2, 0.25) is 5.02 Å². The van der Waals surface area contributed by atoms with Crippen molar-refractivity contribution in [3.05, 3.63) is 76.4 Å². The number of hydrogen-bond donors (Lipinski definition) is 1. The van der Waals surface area contributed by atoms with Crippen LogP contribution in [0.5, 0.6) is 0 Å². The molecular formula is C19H13ClN2O2. The molecule has 1 aliphatic rings. The number of nitrogens with one attached hydrogen (secondary N) is 1. The second-order valence-corrected chi connectivity index (χ2v) is 6.26. The Bertz CT molecular complexity index is 944. The first kappa shape index (κ1) is 14.8. The number of Topliss-reactive ketones (excluding diaryl/α,β-unsaturated/α-hetero) is 2. The summed E-state index contributed by atoms with van der Waals surface area (Å²) in [7, 11) is 0. The molecule has 0 saturated carbocycles. The van der Waals surface area contributed by atoms with Crippen molar-refractivity contribution in [2.45, 2.75) is 12.3 Å². The topological polar surface area (TPSA) is 62.8 Å². The van der Waals surface area contributed by atoms with E-state index in [9.17, 15) is 9.59 Å². The van der Waals surface area contributed by atoms with Gasteiger partial charge in [0.15, 0.2) is 0 Å². The van der Waals surface area contributed by atoms with E-state index in [1.807, 2.05) is 30.3 Å². The fourth-order valence-electron chi connectivity index (χ4n) is 3.10. The summed E-state index contributed by atoms with van der Waals surface area (Å²) in [6.07, 6.45) is 0.433. The molecule has 24 heavy (non-hydrogen) atoms. The molecule has 0 fully saturated rings. The highest BCUT2D eigenvalue weighted by atomic mass is 35.5. The van der Waals surface area contributed by atoms with Crippen molar-refractivity contribution < 1.29 is 9.59 Å². The summed E-state index contributed by atoms with van der Waals surface area (Å²) in [6, 6.07) is 16.5. The maximum Gasteiger partial charge on any atom is 0.229 e. The maximum absolute atomic E-state index is 12.3. The lowest BCUT2D eigenvalue weighted by Crippen LogP contribution is -2.14. The van der Waals surface area contributed by atoms with E-state index in [0.717, 1.165) is 22.5 Å². The Morgan fingerprint density at radius 1 is 1.04 bits per heavy atom. The van der Waals surface area contributed by atoms with Gasteiger partial charge in [-0.15, -0.1) is 0 Å².